The highest BCUT2D eigenvalue weighted by Gasteiger charge is 2.20. The fraction of sp³-hybridized carbons (Fsp3) is 0.444. The molecule has 0 fully saturated rings. The standard InChI is InChI=1S/C18H24N4O5/c19-9-5-4-8-15(17(20)25)22-16(24)10-14(23)11-21-18(26)27-12-13-6-2-1-3-7-13/h1-3,6-7,14-15,23H,4-5,8,10-12H2,(H2,20,25)(H,21,26)(H,22,24)/t14-,15+/m0/s1. The van der Waals surface area contributed by atoms with Gasteiger partial charge in [0.1, 0.15) is 12.6 Å². The number of unbranched alkanes of at least 4 members (excludes halogenated alkanes) is 1. The second-order valence-electron chi connectivity index (χ2n) is 5.87. The molecule has 0 aliphatic rings. The molecular formula is C18H24N4O5. The fourth-order valence-electron chi connectivity index (χ4n) is 2.19. The number of hydrogen-bond donors (Lipinski definition) is 4. The molecule has 0 radical (unpaired) electrons. The van der Waals surface area contributed by atoms with Crippen molar-refractivity contribution in [3.05, 3.63) is 35.9 Å². The number of alkyl carbamates (subject to hydrolysis) is 1. The zero-order valence-corrected chi connectivity index (χ0v) is 14.9. The minimum Gasteiger partial charge on any atom is -0.445 e. The molecule has 1 aromatic carbocycles. The van der Waals surface area contributed by atoms with Gasteiger partial charge in [-0.2, -0.15) is 5.26 Å². The number of ether oxygens (including phenoxy) is 1. The van der Waals surface area contributed by atoms with Crippen molar-refractivity contribution in [1.82, 2.24) is 10.6 Å². The van der Waals surface area contributed by atoms with E-state index in [-0.39, 0.29) is 32.4 Å². The predicted molar refractivity (Wildman–Crippen MR) is 95.8 cm³/mol. The van der Waals surface area contributed by atoms with Gasteiger partial charge in [-0.3, -0.25) is 9.59 Å². The van der Waals surface area contributed by atoms with Crippen LogP contribution in [-0.4, -0.2) is 41.7 Å². The van der Waals surface area contributed by atoms with Crippen LogP contribution in [0.15, 0.2) is 30.3 Å². The maximum atomic E-state index is 11.9. The predicted octanol–water partition coefficient (Wildman–Crippen LogP) is 0.328. The molecule has 1 rings (SSSR count). The molecule has 2 atom stereocenters. The van der Waals surface area contributed by atoms with Gasteiger partial charge in [0.05, 0.1) is 18.6 Å². The monoisotopic (exact) mass is 376 g/mol. The number of benzene rings is 1. The van der Waals surface area contributed by atoms with Crippen LogP contribution < -0.4 is 16.4 Å². The summed E-state index contributed by atoms with van der Waals surface area (Å²) in [5.74, 6) is -1.29. The minimum absolute atomic E-state index is 0.0895. The summed E-state index contributed by atoms with van der Waals surface area (Å²) in [6.45, 7) is -0.0943. The zero-order chi connectivity index (χ0) is 20.1. The van der Waals surface area contributed by atoms with Gasteiger partial charge in [0.15, 0.2) is 0 Å². The number of aliphatic hydroxyl groups excluding tert-OH is 1. The molecule has 0 heterocycles. The van der Waals surface area contributed by atoms with Crippen LogP contribution in [0.4, 0.5) is 4.79 Å². The van der Waals surface area contributed by atoms with Gasteiger partial charge in [-0.1, -0.05) is 30.3 Å². The Kier molecular flexibility index (Phi) is 9.96. The number of nitrogens with zero attached hydrogens (tertiary/aromatic N) is 1. The van der Waals surface area contributed by atoms with Gasteiger partial charge in [0, 0.05) is 13.0 Å². The first kappa shape index (κ1) is 21.9. The molecule has 0 saturated carbocycles. The maximum Gasteiger partial charge on any atom is 0.407 e. The quantitative estimate of drug-likeness (QED) is 0.408. The molecule has 0 saturated heterocycles. The Morgan fingerprint density at radius 2 is 1.96 bits per heavy atom. The van der Waals surface area contributed by atoms with Crippen LogP contribution in [0, 0.1) is 11.3 Å². The number of rotatable bonds is 11. The third kappa shape index (κ3) is 9.81. The number of aliphatic hydroxyl groups is 1. The first-order valence-electron chi connectivity index (χ1n) is 8.50. The van der Waals surface area contributed by atoms with Crippen molar-refractivity contribution in [3.8, 4) is 6.07 Å². The number of carbonyl (C=O) groups is 3. The Balaban J connectivity index is 2.28. The smallest absolute Gasteiger partial charge is 0.407 e. The lowest BCUT2D eigenvalue weighted by Crippen LogP contribution is -2.46. The van der Waals surface area contributed by atoms with Crippen molar-refractivity contribution in [2.45, 2.75) is 44.4 Å². The van der Waals surface area contributed by atoms with Crippen LogP contribution >= 0.6 is 0 Å². The molecule has 9 nitrogen and oxygen atoms in total. The lowest BCUT2D eigenvalue weighted by Gasteiger charge is -2.17. The highest BCUT2D eigenvalue weighted by Crippen LogP contribution is 2.02. The number of amides is 3. The number of hydrogen-bond acceptors (Lipinski definition) is 6. The third-order valence-electron chi connectivity index (χ3n) is 3.58. The average Bonchev–Trinajstić information content (AvgIpc) is 2.64. The molecule has 0 aliphatic carbocycles. The summed E-state index contributed by atoms with van der Waals surface area (Å²) >= 11 is 0. The first-order valence-corrected chi connectivity index (χ1v) is 8.50. The normalized spacial score (nSPS) is 12.3. The van der Waals surface area contributed by atoms with Gasteiger partial charge in [-0.25, -0.2) is 4.79 Å². The summed E-state index contributed by atoms with van der Waals surface area (Å²) in [5.41, 5.74) is 6.03. The van der Waals surface area contributed by atoms with E-state index in [1.807, 2.05) is 24.3 Å². The van der Waals surface area contributed by atoms with E-state index in [4.69, 9.17) is 15.7 Å². The maximum absolute atomic E-state index is 11.9. The largest absolute Gasteiger partial charge is 0.445 e. The molecule has 3 amide bonds. The van der Waals surface area contributed by atoms with E-state index < -0.39 is 30.1 Å². The van der Waals surface area contributed by atoms with Crippen LogP contribution in [-0.2, 0) is 20.9 Å². The van der Waals surface area contributed by atoms with Crippen LogP contribution in [0.3, 0.4) is 0 Å². The van der Waals surface area contributed by atoms with E-state index in [1.54, 1.807) is 12.1 Å². The van der Waals surface area contributed by atoms with Gasteiger partial charge in [0.2, 0.25) is 11.8 Å². The summed E-state index contributed by atoms with van der Waals surface area (Å²) in [6.07, 6.45) is -1.28. The van der Waals surface area contributed by atoms with Crippen molar-refractivity contribution in [1.29, 1.82) is 5.26 Å². The molecule has 0 unspecified atom stereocenters. The molecule has 27 heavy (non-hydrogen) atoms. The highest BCUT2D eigenvalue weighted by atomic mass is 16.5. The highest BCUT2D eigenvalue weighted by molar-refractivity contribution is 5.86. The zero-order valence-electron chi connectivity index (χ0n) is 14.9. The average molecular weight is 376 g/mol. The topological polar surface area (TPSA) is 155 Å². The Morgan fingerprint density at radius 3 is 2.59 bits per heavy atom. The summed E-state index contributed by atoms with van der Waals surface area (Å²) in [7, 11) is 0. The van der Waals surface area contributed by atoms with Crippen molar-refractivity contribution in [3.63, 3.8) is 0 Å². The van der Waals surface area contributed by atoms with Crippen molar-refractivity contribution < 1.29 is 24.2 Å². The lowest BCUT2D eigenvalue weighted by molar-refractivity contribution is -0.128. The van der Waals surface area contributed by atoms with Gasteiger partial charge in [-0.05, 0) is 18.4 Å². The molecule has 0 bridgehead atoms. The van der Waals surface area contributed by atoms with Crippen LogP contribution in [0.2, 0.25) is 0 Å². The Bertz CT molecular complexity index is 659. The van der Waals surface area contributed by atoms with E-state index in [0.717, 1.165) is 5.56 Å². The number of primary amides is 1. The van der Waals surface area contributed by atoms with E-state index >= 15 is 0 Å². The molecule has 9 heteroatoms. The number of nitriles is 1. The van der Waals surface area contributed by atoms with Crippen molar-refractivity contribution >= 4 is 17.9 Å². The molecular weight excluding hydrogens is 352 g/mol. The first-order chi connectivity index (χ1) is 12.9. The molecule has 0 spiro atoms. The minimum atomic E-state index is -1.15. The van der Waals surface area contributed by atoms with Gasteiger partial charge in [0.25, 0.3) is 0 Å². The molecule has 1 aromatic rings. The summed E-state index contributed by atoms with van der Waals surface area (Å²) in [4.78, 5) is 34.8. The summed E-state index contributed by atoms with van der Waals surface area (Å²) in [6, 6.07) is 10.1. The third-order valence-corrected chi connectivity index (χ3v) is 3.58. The molecule has 5 N–H and O–H groups in total. The van der Waals surface area contributed by atoms with Crippen LogP contribution in [0.25, 0.3) is 0 Å². The van der Waals surface area contributed by atoms with E-state index in [2.05, 4.69) is 10.6 Å². The summed E-state index contributed by atoms with van der Waals surface area (Å²) < 4.78 is 4.99. The van der Waals surface area contributed by atoms with E-state index in [9.17, 15) is 19.5 Å². The van der Waals surface area contributed by atoms with Crippen molar-refractivity contribution in [2.24, 2.45) is 5.73 Å². The number of nitrogens with two attached hydrogens (primary N) is 1. The molecule has 0 aromatic heterocycles. The Morgan fingerprint density at radius 1 is 1.26 bits per heavy atom. The van der Waals surface area contributed by atoms with E-state index in [0.29, 0.717) is 6.42 Å². The lowest BCUT2D eigenvalue weighted by atomic mass is 10.1. The van der Waals surface area contributed by atoms with Gasteiger partial charge >= 0.3 is 6.09 Å². The molecule has 146 valence electrons. The number of nitrogens with one attached hydrogen (secondary N) is 2. The van der Waals surface area contributed by atoms with E-state index in [1.165, 1.54) is 0 Å². The Labute approximate surface area is 157 Å². The second-order valence-corrected chi connectivity index (χ2v) is 5.87. The fourth-order valence-corrected chi connectivity index (χ4v) is 2.19. The Hall–Kier alpha value is -3.12. The van der Waals surface area contributed by atoms with Crippen LogP contribution in [0.5, 0.6) is 0 Å². The van der Waals surface area contributed by atoms with Gasteiger partial charge < -0.3 is 26.2 Å². The molecule has 0 aliphatic heterocycles. The second kappa shape index (κ2) is 12.3. The number of carbonyl (C=O) groups excluding carboxylic acids is 3. The van der Waals surface area contributed by atoms with Crippen molar-refractivity contribution in [2.75, 3.05) is 6.54 Å². The van der Waals surface area contributed by atoms with Gasteiger partial charge in [-0.15, -0.1) is 0 Å². The van der Waals surface area contributed by atoms with Crippen LogP contribution in [0.1, 0.15) is 31.2 Å². The summed E-state index contributed by atoms with van der Waals surface area (Å²) in [5, 5.41) is 23.1. The SMILES string of the molecule is N#CCCC[C@@H](NC(=O)C[C@H](O)CNC(=O)OCc1ccccc1)C(N)=O.